The van der Waals surface area contributed by atoms with Crippen LogP contribution in [-0.4, -0.2) is 35.5 Å². The van der Waals surface area contributed by atoms with Crippen LogP contribution in [0, 0.1) is 0 Å². The van der Waals surface area contributed by atoms with Crippen LogP contribution in [0.15, 0.2) is 24.3 Å². The van der Waals surface area contributed by atoms with Gasteiger partial charge in [-0.15, -0.1) is 0 Å². The van der Waals surface area contributed by atoms with E-state index in [9.17, 15) is 15.0 Å². The van der Waals surface area contributed by atoms with Gasteiger partial charge in [-0.2, -0.15) is 0 Å². The van der Waals surface area contributed by atoms with E-state index in [-0.39, 0.29) is 12.8 Å². The lowest BCUT2D eigenvalue weighted by atomic mass is 9.97. The molecular formula is C18H19Cl3O4. The molecule has 7 heteroatoms. The van der Waals surface area contributed by atoms with Gasteiger partial charge in [0.2, 0.25) is 0 Å². The number of hydrogen-bond acceptors (Lipinski definition) is 4. The highest BCUT2D eigenvalue weighted by Gasteiger charge is 2.17. The molecule has 0 aliphatic carbocycles. The fourth-order valence-electron chi connectivity index (χ4n) is 2.74. The molecule has 0 aliphatic heterocycles. The number of aliphatic hydroxyl groups is 2. The minimum Gasteiger partial charge on any atom is -0.469 e. The molecule has 2 aromatic rings. The van der Waals surface area contributed by atoms with Crippen molar-refractivity contribution in [2.75, 3.05) is 7.11 Å². The summed E-state index contributed by atoms with van der Waals surface area (Å²) in [5, 5.41) is 23.2. The van der Waals surface area contributed by atoms with E-state index in [2.05, 4.69) is 4.74 Å². The molecule has 0 fully saturated rings. The summed E-state index contributed by atoms with van der Waals surface area (Å²) in [6.45, 7) is 0. The van der Waals surface area contributed by atoms with Crippen LogP contribution in [0.1, 0.15) is 24.8 Å². The monoisotopic (exact) mass is 404 g/mol. The first kappa shape index (κ1) is 20.3. The fourth-order valence-corrected chi connectivity index (χ4v) is 3.54. The van der Waals surface area contributed by atoms with Gasteiger partial charge >= 0.3 is 5.97 Å². The Balaban J connectivity index is 2.09. The average molecular weight is 406 g/mol. The van der Waals surface area contributed by atoms with Crippen LogP contribution in [0.4, 0.5) is 0 Å². The van der Waals surface area contributed by atoms with Gasteiger partial charge in [-0.3, -0.25) is 4.79 Å². The lowest BCUT2D eigenvalue weighted by molar-refractivity contribution is -0.143. The minimum atomic E-state index is -0.946. The number of aliphatic hydroxyl groups excluding tert-OH is 2. The van der Waals surface area contributed by atoms with Crippen molar-refractivity contribution in [1.82, 2.24) is 0 Å². The zero-order chi connectivity index (χ0) is 18.6. The zero-order valence-corrected chi connectivity index (χ0v) is 15.9. The van der Waals surface area contributed by atoms with E-state index in [1.54, 1.807) is 18.2 Å². The van der Waals surface area contributed by atoms with E-state index in [0.717, 1.165) is 16.3 Å². The Morgan fingerprint density at radius 2 is 1.80 bits per heavy atom. The van der Waals surface area contributed by atoms with Crippen molar-refractivity contribution < 1.29 is 19.7 Å². The Labute approximate surface area is 161 Å². The van der Waals surface area contributed by atoms with E-state index in [4.69, 9.17) is 34.8 Å². The summed E-state index contributed by atoms with van der Waals surface area (Å²) < 4.78 is 4.50. The second-order valence-corrected chi connectivity index (χ2v) is 7.12. The molecule has 2 aromatic carbocycles. The molecule has 0 aromatic heterocycles. The zero-order valence-electron chi connectivity index (χ0n) is 13.6. The van der Waals surface area contributed by atoms with E-state index in [1.165, 1.54) is 7.11 Å². The van der Waals surface area contributed by atoms with Crippen molar-refractivity contribution in [3.05, 3.63) is 44.9 Å². The maximum absolute atomic E-state index is 11.1. The van der Waals surface area contributed by atoms with Gasteiger partial charge < -0.3 is 14.9 Å². The lowest BCUT2D eigenvalue weighted by Crippen LogP contribution is -2.21. The summed E-state index contributed by atoms with van der Waals surface area (Å²) in [4.78, 5) is 11.1. The quantitative estimate of drug-likeness (QED) is 0.670. The molecular weight excluding hydrogens is 387 g/mol. The normalized spacial score (nSPS) is 13.7. The van der Waals surface area contributed by atoms with Gasteiger partial charge in [0.25, 0.3) is 0 Å². The first-order valence-corrected chi connectivity index (χ1v) is 8.94. The number of aryl methyl sites for hydroxylation is 1. The third kappa shape index (κ3) is 5.47. The molecule has 0 saturated heterocycles. The number of methoxy groups -OCH3 is 1. The number of rotatable bonds is 7. The molecule has 0 aliphatic rings. The van der Waals surface area contributed by atoms with Crippen LogP contribution in [0.2, 0.25) is 15.1 Å². The molecule has 0 spiro atoms. The van der Waals surface area contributed by atoms with Crippen molar-refractivity contribution in [2.45, 2.75) is 37.9 Å². The number of fused-ring (bicyclic) bond motifs is 1. The number of halogens is 3. The van der Waals surface area contributed by atoms with Gasteiger partial charge in [-0.05, 0) is 48.4 Å². The summed E-state index contributed by atoms with van der Waals surface area (Å²) in [6, 6.07) is 7.05. The van der Waals surface area contributed by atoms with Crippen molar-refractivity contribution in [1.29, 1.82) is 0 Å². The molecule has 2 rings (SSSR count). The maximum Gasteiger partial charge on any atom is 0.308 e. The predicted molar refractivity (Wildman–Crippen MR) is 101 cm³/mol. The van der Waals surface area contributed by atoms with E-state index in [0.29, 0.717) is 27.9 Å². The number of carbonyl (C=O) groups excluding carboxylic acids is 1. The van der Waals surface area contributed by atoms with Crippen LogP contribution in [0.5, 0.6) is 0 Å². The highest BCUT2D eigenvalue weighted by atomic mass is 35.5. The lowest BCUT2D eigenvalue weighted by Gasteiger charge is -2.16. The Hall–Kier alpha value is -1.04. The van der Waals surface area contributed by atoms with Gasteiger partial charge in [0.05, 0.1) is 25.7 Å². The summed E-state index contributed by atoms with van der Waals surface area (Å²) >= 11 is 18.6. The Morgan fingerprint density at radius 1 is 1.08 bits per heavy atom. The first-order valence-electron chi connectivity index (χ1n) is 7.81. The molecule has 0 saturated carbocycles. The second kappa shape index (κ2) is 9.06. The van der Waals surface area contributed by atoms with Gasteiger partial charge in [0, 0.05) is 20.5 Å². The first-order chi connectivity index (χ1) is 11.8. The Bertz CT molecular complexity index is 764. The van der Waals surface area contributed by atoms with Crippen molar-refractivity contribution in [3.8, 4) is 0 Å². The predicted octanol–water partition coefficient (Wildman–Crippen LogP) is 4.41. The molecule has 2 unspecified atom stereocenters. The smallest absolute Gasteiger partial charge is 0.308 e. The van der Waals surface area contributed by atoms with Crippen molar-refractivity contribution >= 4 is 51.5 Å². The molecule has 0 heterocycles. The molecule has 25 heavy (non-hydrogen) atoms. The van der Waals surface area contributed by atoms with Crippen LogP contribution < -0.4 is 0 Å². The Kier molecular flexibility index (Phi) is 7.35. The fraction of sp³-hybridized carbons (Fsp3) is 0.389. The van der Waals surface area contributed by atoms with Gasteiger partial charge in [-0.25, -0.2) is 0 Å². The summed E-state index contributed by atoms with van der Waals surface area (Å²) in [6.07, 6.45) is -0.884. The van der Waals surface area contributed by atoms with Crippen LogP contribution >= 0.6 is 34.8 Å². The molecule has 2 atom stereocenters. The maximum atomic E-state index is 11.1. The molecule has 4 nitrogen and oxygen atoms in total. The van der Waals surface area contributed by atoms with Crippen molar-refractivity contribution in [3.63, 3.8) is 0 Å². The van der Waals surface area contributed by atoms with E-state index in [1.807, 2.05) is 6.07 Å². The topological polar surface area (TPSA) is 66.8 Å². The van der Waals surface area contributed by atoms with Crippen molar-refractivity contribution in [2.24, 2.45) is 0 Å². The highest BCUT2D eigenvalue weighted by Crippen LogP contribution is 2.35. The second-order valence-electron chi connectivity index (χ2n) is 5.87. The highest BCUT2D eigenvalue weighted by molar-refractivity contribution is 6.40. The molecule has 0 bridgehead atoms. The third-order valence-corrected chi connectivity index (χ3v) is 4.89. The summed E-state index contributed by atoms with van der Waals surface area (Å²) in [5.41, 5.74) is 0.860. The summed E-state index contributed by atoms with van der Waals surface area (Å²) in [5.74, 6) is -0.511. The van der Waals surface area contributed by atoms with E-state index >= 15 is 0 Å². The number of benzene rings is 2. The molecule has 2 N–H and O–H groups in total. The Morgan fingerprint density at radius 3 is 2.48 bits per heavy atom. The van der Waals surface area contributed by atoms with Gasteiger partial charge in [-0.1, -0.05) is 40.9 Å². The number of hydrogen-bond donors (Lipinski definition) is 2. The standard InChI is InChI=1S/C18H19Cl3O4/c1-25-18(24)8-12(23)7-11(22)3-5-14-13-4-2-10(19)6-15(13)17(21)9-16(14)20/h2,4,6,9,11-12,22-23H,3,5,7-8H2,1H3. The van der Waals surface area contributed by atoms with E-state index < -0.39 is 18.2 Å². The number of carbonyl (C=O) groups is 1. The third-order valence-electron chi connectivity index (χ3n) is 4.01. The van der Waals surface area contributed by atoms with Gasteiger partial charge in [0.15, 0.2) is 0 Å². The molecule has 0 radical (unpaired) electrons. The number of ether oxygens (including phenoxy) is 1. The van der Waals surface area contributed by atoms with Gasteiger partial charge in [0.1, 0.15) is 0 Å². The molecule has 136 valence electrons. The number of esters is 1. The van der Waals surface area contributed by atoms with Crippen LogP contribution in [-0.2, 0) is 16.0 Å². The minimum absolute atomic E-state index is 0.0874. The SMILES string of the molecule is COC(=O)CC(O)CC(O)CCc1c(Cl)cc(Cl)c2cc(Cl)ccc12. The largest absolute Gasteiger partial charge is 0.469 e. The molecule has 0 amide bonds. The average Bonchev–Trinajstić information content (AvgIpc) is 2.54. The van der Waals surface area contributed by atoms with Crippen LogP contribution in [0.25, 0.3) is 10.8 Å². The summed E-state index contributed by atoms with van der Waals surface area (Å²) in [7, 11) is 1.26. The van der Waals surface area contributed by atoms with Crippen LogP contribution in [0.3, 0.4) is 0 Å².